The molecule has 1 unspecified atom stereocenters. The lowest BCUT2D eigenvalue weighted by atomic mass is 10.0. The molecule has 0 saturated carbocycles. The summed E-state index contributed by atoms with van der Waals surface area (Å²) in [5, 5.41) is 8.75. The van der Waals surface area contributed by atoms with Gasteiger partial charge in [-0.05, 0) is 12.5 Å². The average Bonchev–Trinajstić information content (AvgIpc) is 2.15. The fraction of sp³-hybridized carbons (Fsp3) is 0.500. The number of nitrogens with two attached hydrogens (primary N) is 1. The zero-order valence-electron chi connectivity index (χ0n) is 7.56. The minimum atomic E-state index is -1.05. The summed E-state index contributed by atoms with van der Waals surface area (Å²) in [4.78, 5) is 23.5. The van der Waals surface area contributed by atoms with Crippen LogP contribution in [0.2, 0.25) is 0 Å². The normalized spacial score (nSPS) is 31.3. The summed E-state index contributed by atoms with van der Waals surface area (Å²) in [6.07, 6.45) is 0. The van der Waals surface area contributed by atoms with Crippen molar-refractivity contribution in [2.45, 2.75) is 18.3 Å². The zero-order valence-corrected chi connectivity index (χ0v) is 8.37. The molecule has 2 aliphatic heterocycles. The SMILES string of the molecule is CC1=C(C(=O)O)N2C(=O)C(N)[C@H]2SC1. The van der Waals surface area contributed by atoms with Crippen molar-refractivity contribution in [3.8, 4) is 0 Å². The van der Waals surface area contributed by atoms with Crippen LogP contribution in [-0.2, 0) is 9.59 Å². The molecule has 76 valence electrons. The van der Waals surface area contributed by atoms with Gasteiger partial charge in [0.25, 0.3) is 0 Å². The van der Waals surface area contributed by atoms with Gasteiger partial charge in [0.15, 0.2) is 0 Å². The largest absolute Gasteiger partial charge is 0.477 e. The molecule has 1 amide bonds. The van der Waals surface area contributed by atoms with E-state index in [4.69, 9.17) is 10.8 Å². The van der Waals surface area contributed by atoms with Crippen molar-refractivity contribution in [2.75, 3.05) is 5.75 Å². The molecule has 0 aliphatic carbocycles. The molecule has 14 heavy (non-hydrogen) atoms. The number of aliphatic carboxylic acids is 1. The minimum absolute atomic E-state index is 0.112. The molecular weight excluding hydrogens is 204 g/mol. The van der Waals surface area contributed by atoms with Crippen molar-refractivity contribution in [2.24, 2.45) is 5.73 Å². The number of hydrogen-bond donors (Lipinski definition) is 2. The highest BCUT2D eigenvalue weighted by atomic mass is 32.2. The second kappa shape index (κ2) is 2.99. The first kappa shape index (κ1) is 9.54. The summed E-state index contributed by atoms with van der Waals surface area (Å²) in [6.45, 7) is 1.73. The number of carbonyl (C=O) groups is 2. The third-order valence-corrected chi connectivity index (χ3v) is 3.85. The maximum atomic E-state index is 11.3. The lowest BCUT2D eigenvalue weighted by Gasteiger charge is -2.47. The number of hydrogen-bond acceptors (Lipinski definition) is 4. The Balaban J connectivity index is 2.37. The Morgan fingerprint density at radius 3 is 2.93 bits per heavy atom. The van der Waals surface area contributed by atoms with Crippen LogP contribution >= 0.6 is 11.8 Å². The Morgan fingerprint density at radius 2 is 2.36 bits per heavy atom. The highest BCUT2D eigenvalue weighted by Gasteiger charge is 2.51. The summed E-state index contributed by atoms with van der Waals surface area (Å²) in [7, 11) is 0. The van der Waals surface area contributed by atoms with Crippen molar-refractivity contribution < 1.29 is 14.7 Å². The number of rotatable bonds is 1. The molecule has 5 nitrogen and oxygen atoms in total. The lowest BCUT2D eigenvalue weighted by Crippen LogP contribution is -2.68. The average molecular weight is 214 g/mol. The second-order valence-corrected chi connectivity index (χ2v) is 4.47. The molecule has 0 aromatic rings. The fourth-order valence-corrected chi connectivity index (χ4v) is 2.91. The van der Waals surface area contributed by atoms with Crippen LogP contribution in [0, 0.1) is 0 Å². The molecule has 1 saturated heterocycles. The quantitative estimate of drug-likeness (QED) is 0.580. The van der Waals surface area contributed by atoms with Crippen LogP contribution in [-0.4, -0.2) is 39.1 Å². The second-order valence-electron chi connectivity index (χ2n) is 3.37. The minimum Gasteiger partial charge on any atom is -0.477 e. The highest BCUT2D eigenvalue weighted by molar-refractivity contribution is 8.00. The van der Waals surface area contributed by atoms with Crippen molar-refractivity contribution in [3.63, 3.8) is 0 Å². The number of carboxylic acid groups (broad SMARTS) is 1. The smallest absolute Gasteiger partial charge is 0.352 e. The van der Waals surface area contributed by atoms with Crippen LogP contribution in [0.3, 0.4) is 0 Å². The first-order chi connectivity index (χ1) is 6.54. The van der Waals surface area contributed by atoms with E-state index in [1.165, 1.54) is 16.7 Å². The predicted octanol–water partition coefficient (Wildman–Crippen LogP) is -0.413. The molecule has 3 N–H and O–H groups in total. The molecule has 0 radical (unpaired) electrons. The van der Waals surface area contributed by atoms with Gasteiger partial charge in [-0.25, -0.2) is 4.79 Å². The molecule has 0 spiro atoms. The molecule has 0 aromatic heterocycles. The van der Waals surface area contributed by atoms with E-state index in [1.54, 1.807) is 6.92 Å². The summed E-state index contributed by atoms with van der Waals surface area (Å²) >= 11 is 1.51. The Bertz CT molecular complexity index is 352. The number of β-lactam (4-membered cyclic amide) rings is 1. The van der Waals surface area contributed by atoms with Gasteiger partial charge in [0.1, 0.15) is 17.1 Å². The van der Waals surface area contributed by atoms with Gasteiger partial charge in [0, 0.05) is 5.75 Å². The van der Waals surface area contributed by atoms with Crippen LogP contribution < -0.4 is 5.73 Å². The first-order valence-electron chi connectivity index (χ1n) is 4.17. The summed E-state index contributed by atoms with van der Waals surface area (Å²) in [5.74, 6) is -0.712. The van der Waals surface area contributed by atoms with Crippen molar-refractivity contribution in [1.29, 1.82) is 0 Å². The Labute approximate surface area is 84.9 Å². The topological polar surface area (TPSA) is 83.6 Å². The van der Waals surface area contributed by atoms with Gasteiger partial charge < -0.3 is 10.8 Å². The van der Waals surface area contributed by atoms with E-state index in [-0.39, 0.29) is 17.0 Å². The van der Waals surface area contributed by atoms with Crippen LogP contribution in [0.15, 0.2) is 11.3 Å². The zero-order chi connectivity index (χ0) is 10.5. The first-order valence-corrected chi connectivity index (χ1v) is 5.22. The monoisotopic (exact) mass is 214 g/mol. The van der Waals surface area contributed by atoms with Crippen LogP contribution in [0.4, 0.5) is 0 Å². The van der Waals surface area contributed by atoms with Crippen LogP contribution in [0.1, 0.15) is 6.92 Å². The Hall–Kier alpha value is -1.01. The summed E-state index contributed by atoms with van der Waals surface area (Å²) < 4.78 is 0. The van der Waals surface area contributed by atoms with Crippen LogP contribution in [0.25, 0.3) is 0 Å². The Kier molecular flexibility index (Phi) is 2.04. The number of amides is 1. The number of thioether (sulfide) groups is 1. The fourth-order valence-electron chi connectivity index (χ4n) is 1.67. The molecule has 2 atom stereocenters. The van der Waals surface area contributed by atoms with E-state index in [9.17, 15) is 9.59 Å². The summed E-state index contributed by atoms with van der Waals surface area (Å²) in [6, 6.07) is -0.539. The maximum Gasteiger partial charge on any atom is 0.352 e. The van der Waals surface area contributed by atoms with Gasteiger partial charge in [-0.2, -0.15) is 0 Å². The Morgan fingerprint density at radius 1 is 1.71 bits per heavy atom. The van der Waals surface area contributed by atoms with E-state index in [1.807, 2.05) is 0 Å². The van der Waals surface area contributed by atoms with Gasteiger partial charge in [0.2, 0.25) is 5.91 Å². The van der Waals surface area contributed by atoms with Crippen LogP contribution in [0.5, 0.6) is 0 Å². The van der Waals surface area contributed by atoms with Gasteiger partial charge >= 0.3 is 5.97 Å². The number of nitrogens with zero attached hydrogens (tertiary/aromatic N) is 1. The number of carboxylic acids is 1. The van der Waals surface area contributed by atoms with Gasteiger partial charge in [-0.1, -0.05) is 0 Å². The third kappa shape index (κ3) is 1.07. The molecule has 2 aliphatic rings. The van der Waals surface area contributed by atoms with E-state index >= 15 is 0 Å². The van der Waals surface area contributed by atoms with E-state index in [0.717, 1.165) is 5.57 Å². The maximum absolute atomic E-state index is 11.3. The van der Waals surface area contributed by atoms with Crippen molar-refractivity contribution in [3.05, 3.63) is 11.3 Å². The van der Waals surface area contributed by atoms with Crippen molar-refractivity contribution in [1.82, 2.24) is 4.90 Å². The molecule has 2 rings (SSSR count). The lowest BCUT2D eigenvalue weighted by molar-refractivity contribution is -0.147. The van der Waals surface area contributed by atoms with E-state index < -0.39 is 12.0 Å². The number of fused-ring (bicyclic) bond motifs is 1. The molecule has 6 heteroatoms. The third-order valence-electron chi connectivity index (χ3n) is 2.40. The van der Waals surface area contributed by atoms with Gasteiger partial charge in [-0.3, -0.25) is 9.69 Å². The van der Waals surface area contributed by atoms with Gasteiger partial charge in [-0.15, -0.1) is 11.8 Å². The van der Waals surface area contributed by atoms with Gasteiger partial charge in [0.05, 0.1) is 0 Å². The summed E-state index contributed by atoms with van der Waals surface area (Å²) in [5.41, 5.74) is 6.39. The molecule has 0 bridgehead atoms. The van der Waals surface area contributed by atoms with Crippen molar-refractivity contribution >= 4 is 23.6 Å². The standard InChI is InChI=1S/C8H10N2O3S/c1-3-2-14-7-4(9)6(11)10(7)5(3)8(12)13/h4,7H,2,9H2,1H3,(H,12,13)/t4?,7-/m1/s1. The van der Waals surface area contributed by atoms with E-state index in [0.29, 0.717) is 5.75 Å². The molecular formula is C8H10N2O3S. The molecule has 2 heterocycles. The molecule has 0 aromatic carbocycles. The molecule has 1 fully saturated rings. The van der Waals surface area contributed by atoms with E-state index in [2.05, 4.69) is 0 Å². The predicted molar refractivity (Wildman–Crippen MR) is 51.4 cm³/mol. The number of carbonyl (C=O) groups excluding carboxylic acids is 1. The highest BCUT2D eigenvalue weighted by Crippen LogP contribution is 2.38.